The van der Waals surface area contributed by atoms with E-state index >= 15 is 0 Å². The van der Waals surface area contributed by atoms with Gasteiger partial charge in [-0.2, -0.15) is 0 Å². The smallest absolute Gasteiger partial charge is 0.00606 e. The summed E-state index contributed by atoms with van der Waals surface area (Å²) >= 11 is 0. The molecule has 2 aliphatic rings. The van der Waals surface area contributed by atoms with Crippen LogP contribution in [0.2, 0.25) is 0 Å². The Balaban J connectivity index is 1.89. The molecular formula is C26H44P2. The standard InChI is InChI=1S/C26H44P2/c1-23(2)15-11-16-24(3,4)27(23)19-21-13-9-10-14-22(21)20-28-25(5,6)17-12-18-26(28,7)8/h9-10,13-14H,11-12,15-20H2,1-8H3. The van der Waals surface area contributed by atoms with Gasteiger partial charge < -0.3 is 0 Å². The second-order valence-electron chi connectivity index (χ2n) is 11.9. The van der Waals surface area contributed by atoms with Gasteiger partial charge in [0.25, 0.3) is 0 Å². The Morgan fingerprint density at radius 2 is 0.857 bits per heavy atom. The molecule has 1 aromatic rings. The van der Waals surface area contributed by atoms with Crippen molar-refractivity contribution in [3.05, 3.63) is 35.4 Å². The first-order chi connectivity index (χ1) is 12.9. The maximum absolute atomic E-state index is 2.56. The van der Waals surface area contributed by atoms with E-state index in [2.05, 4.69) is 79.7 Å². The van der Waals surface area contributed by atoms with Crippen molar-refractivity contribution in [1.82, 2.24) is 0 Å². The molecule has 0 radical (unpaired) electrons. The molecule has 0 bridgehead atoms. The van der Waals surface area contributed by atoms with E-state index in [1.807, 2.05) is 0 Å². The summed E-state index contributed by atoms with van der Waals surface area (Å²) in [5.74, 6) is 0. The van der Waals surface area contributed by atoms with Crippen LogP contribution in [-0.4, -0.2) is 20.6 Å². The largest absolute Gasteiger partial charge is 0.0906 e. The SMILES string of the molecule is CC1(C)CCCC(C)(C)P1Cc1ccccc1CP1C(C)(C)CCCC1(C)C. The van der Waals surface area contributed by atoms with Crippen molar-refractivity contribution in [2.75, 3.05) is 0 Å². The van der Waals surface area contributed by atoms with Gasteiger partial charge >= 0.3 is 0 Å². The first kappa shape index (κ1) is 22.8. The van der Waals surface area contributed by atoms with Gasteiger partial charge in [0.15, 0.2) is 0 Å². The fraction of sp³-hybridized carbons (Fsp3) is 0.769. The summed E-state index contributed by atoms with van der Waals surface area (Å²) < 4.78 is 0. The Hall–Kier alpha value is 0.0800. The molecular weight excluding hydrogens is 374 g/mol. The molecule has 1 aromatic carbocycles. The summed E-state index contributed by atoms with van der Waals surface area (Å²) in [6.07, 6.45) is 11.1. The molecule has 2 fully saturated rings. The van der Waals surface area contributed by atoms with Crippen LogP contribution < -0.4 is 0 Å². The van der Waals surface area contributed by atoms with Crippen LogP contribution in [-0.2, 0) is 12.3 Å². The van der Waals surface area contributed by atoms with Crippen LogP contribution in [0.4, 0.5) is 0 Å². The lowest BCUT2D eigenvalue weighted by molar-refractivity contribution is 0.464. The predicted molar refractivity (Wildman–Crippen MR) is 132 cm³/mol. The molecule has 2 heteroatoms. The van der Waals surface area contributed by atoms with E-state index in [4.69, 9.17) is 0 Å². The molecule has 0 atom stereocenters. The second kappa shape index (κ2) is 7.97. The highest BCUT2D eigenvalue weighted by atomic mass is 31.1. The maximum Gasteiger partial charge on any atom is -0.00606 e. The third-order valence-corrected chi connectivity index (χ3v) is 15.9. The second-order valence-corrected chi connectivity index (χ2v) is 19.1. The van der Waals surface area contributed by atoms with Gasteiger partial charge in [0, 0.05) is 0 Å². The zero-order chi connectivity index (χ0) is 20.8. The van der Waals surface area contributed by atoms with Crippen molar-refractivity contribution < 1.29 is 0 Å². The van der Waals surface area contributed by atoms with E-state index in [0.717, 1.165) is 0 Å². The van der Waals surface area contributed by atoms with E-state index in [-0.39, 0.29) is 15.8 Å². The highest BCUT2D eigenvalue weighted by Crippen LogP contribution is 2.69. The highest BCUT2D eigenvalue weighted by molar-refractivity contribution is 7.60. The van der Waals surface area contributed by atoms with E-state index in [1.165, 1.54) is 50.8 Å². The monoisotopic (exact) mass is 418 g/mol. The Kier molecular flexibility index (Phi) is 6.48. The maximum atomic E-state index is 2.56. The third kappa shape index (κ3) is 4.70. The van der Waals surface area contributed by atoms with Crippen molar-refractivity contribution in [2.45, 2.75) is 127 Å². The van der Waals surface area contributed by atoms with Gasteiger partial charge in [-0.15, -0.1) is 0 Å². The quantitative estimate of drug-likeness (QED) is 0.428. The average Bonchev–Trinajstić information content (AvgIpc) is 2.55. The molecule has 2 aliphatic heterocycles. The Morgan fingerprint density at radius 1 is 0.571 bits per heavy atom. The van der Waals surface area contributed by atoms with Crippen molar-refractivity contribution in [3.8, 4) is 0 Å². The van der Waals surface area contributed by atoms with Crippen LogP contribution >= 0.6 is 15.8 Å². The number of hydrogen-bond acceptors (Lipinski definition) is 0. The van der Waals surface area contributed by atoms with Crippen molar-refractivity contribution in [2.24, 2.45) is 0 Å². The molecule has 2 heterocycles. The minimum atomic E-state index is -0.0144. The van der Waals surface area contributed by atoms with E-state index in [9.17, 15) is 0 Å². The molecule has 0 N–H and O–H groups in total. The molecule has 0 unspecified atom stereocenters. The Morgan fingerprint density at radius 3 is 1.14 bits per heavy atom. The minimum Gasteiger partial charge on any atom is -0.0906 e. The van der Waals surface area contributed by atoms with Crippen molar-refractivity contribution >= 4 is 15.8 Å². The zero-order valence-corrected chi connectivity index (χ0v) is 21.6. The highest BCUT2D eigenvalue weighted by Gasteiger charge is 2.45. The molecule has 28 heavy (non-hydrogen) atoms. The Bertz CT molecular complexity index is 592. The third-order valence-electron chi connectivity index (χ3n) is 7.85. The number of rotatable bonds is 4. The topological polar surface area (TPSA) is 0 Å². The van der Waals surface area contributed by atoms with Crippen molar-refractivity contribution in [3.63, 3.8) is 0 Å². The van der Waals surface area contributed by atoms with Crippen LogP contribution in [0.25, 0.3) is 0 Å². The van der Waals surface area contributed by atoms with E-state index in [0.29, 0.717) is 20.6 Å². The fourth-order valence-electron chi connectivity index (χ4n) is 6.15. The van der Waals surface area contributed by atoms with Crippen LogP contribution in [0.3, 0.4) is 0 Å². The van der Waals surface area contributed by atoms with Gasteiger partial charge in [0.05, 0.1) is 0 Å². The first-order valence-electron chi connectivity index (χ1n) is 11.5. The molecule has 0 aromatic heterocycles. The fourth-order valence-corrected chi connectivity index (χ4v) is 14.1. The summed E-state index contributed by atoms with van der Waals surface area (Å²) in [5.41, 5.74) is 3.35. The van der Waals surface area contributed by atoms with Gasteiger partial charge in [-0.1, -0.05) is 108 Å². The van der Waals surface area contributed by atoms with Crippen LogP contribution in [0.5, 0.6) is 0 Å². The minimum absolute atomic E-state index is 0.0144. The van der Waals surface area contributed by atoms with Crippen LogP contribution in [0.1, 0.15) is 105 Å². The van der Waals surface area contributed by atoms with E-state index < -0.39 is 0 Å². The van der Waals surface area contributed by atoms with Gasteiger partial charge in [-0.25, -0.2) is 0 Å². The molecule has 2 saturated heterocycles. The van der Waals surface area contributed by atoms with Gasteiger partial charge in [0.1, 0.15) is 0 Å². The molecule has 0 saturated carbocycles. The summed E-state index contributed by atoms with van der Waals surface area (Å²) in [6, 6.07) is 9.53. The molecule has 0 nitrogen and oxygen atoms in total. The average molecular weight is 419 g/mol. The lowest BCUT2D eigenvalue weighted by atomic mass is 9.98. The lowest BCUT2D eigenvalue weighted by Crippen LogP contribution is -2.36. The van der Waals surface area contributed by atoms with Crippen LogP contribution in [0, 0.1) is 0 Å². The van der Waals surface area contributed by atoms with Crippen molar-refractivity contribution in [1.29, 1.82) is 0 Å². The summed E-state index contributed by atoms with van der Waals surface area (Å²) in [4.78, 5) is 0. The molecule has 0 spiro atoms. The first-order valence-corrected chi connectivity index (χ1v) is 14.5. The molecule has 0 amide bonds. The normalized spacial score (nSPS) is 26.9. The molecule has 0 aliphatic carbocycles. The van der Waals surface area contributed by atoms with Gasteiger partial charge in [-0.3, -0.25) is 0 Å². The predicted octanol–water partition coefficient (Wildman–Crippen LogP) is 9.13. The summed E-state index contributed by atoms with van der Waals surface area (Å²) in [5, 5.41) is 2.05. The van der Waals surface area contributed by atoms with Gasteiger partial charge in [0.2, 0.25) is 0 Å². The summed E-state index contributed by atoms with van der Waals surface area (Å²) in [7, 11) is -0.0287. The van der Waals surface area contributed by atoms with Crippen LogP contribution in [0.15, 0.2) is 24.3 Å². The number of hydrogen-bond donors (Lipinski definition) is 0. The number of benzene rings is 1. The summed E-state index contributed by atoms with van der Waals surface area (Å²) in [6.45, 7) is 20.4. The van der Waals surface area contributed by atoms with Gasteiger partial charge in [-0.05, 0) is 69.8 Å². The Labute approximate surface area is 178 Å². The molecule has 3 rings (SSSR count). The molecule has 158 valence electrons. The lowest BCUT2D eigenvalue weighted by Gasteiger charge is -2.51. The van der Waals surface area contributed by atoms with E-state index in [1.54, 1.807) is 11.1 Å². The zero-order valence-electron chi connectivity index (χ0n) is 19.9.